The second-order valence-electron chi connectivity index (χ2n) is 7.67. The number of aromatic nitrogens is 2. The van der Waals surface area contributed by atoms with E-state index in [1.54, 1.807) is 23.1 Å². The molecule has 0 unspecified atom stereocenters. The maximum Gasteiger partial charge on any atom is 0.254 e. The second-order valence-corrected chi connectivity index (χ2v) is 9.62. The zero-order chi connectivity index (χ0) is 24.3. The van der Waals surface area contributed by atoms with Crippen molar-refractivity contribution in [1.29, 1.82) is 5.41 Å². The summed E-state index contributed by atoms with van der Waals surface area (Å²) >= 11 is 0. The fraction of sp³-hybridized carbons (Fsp3) is 0.217. The lowest BCUT2D eigenvalue weighted by atomic mass is 10.1. The van der Waals surface area contributed by atoms with Crippen LogP contribution < -0.4 is 5.32 Å². The number of nitrogens with one attached hydrogen (secondary N) is 2. The first-order valence-electron chi connectivity index (χ1n) is 10.4. The number of carbonyl (C=O) groups excluding carboxylic acids is 1. The summed E-state index contributed by atoms with van der Waals surface area (Å²) in [6.07, 6.45) is 3.79. The molecule has 2 aromatic carbocycles. The van der Waals surface area contributed by atoms with Gasteiger partial charge < -0.3 is 15.0 Å². The van der Waals surface area contributed by atoms with Gasteiger partial charge in [0.2, 0.25) is 5.95 Å². The molecular weight excluding hydrogens is 461 g/mol. The van der Waals surface area contributed by atoms with Crippen LogP contribution >= 0.6 is 0 Å². The van der Waals surface area contributed by atoms with Gasteiger partial charge in [0.05, 0.1) is 18.9 Å². The van der Waals surface area contributed by atoms with E-state index in [1.165, 1.54) is 36.7 Å². The third-order valence-corrected chi connectivity index (χ3v) is 6.22. The van der Waals surface area contributed by atoms with Crippen LogP contribution in [-0.4, -0.2) is 66.8 Å². The van der Waals surface area contributed by atoms with Gasteiger partial charge in [-0.05, 0) is 24.3 Å². The van der Waals surface area contributed by atoms with Crippen molar-refractivity contribution in [3.8, 4) is 11.1 Å². The molecule has 2 heterocycles. The molecule has 34 heavy (non-hydrogen) atoms. The molecule has 0 spiro atoms. The first-order chi connectivity index (χ1) is 16.2. The predicted molar refractivity (Wildman–Crippen MR) is 126 cm³/mol. The maximum atomic E-state index is 14.1. The van der Waals surface area contributed by atoms with Gasteiger partial charge in [-0.1, -0.05) is 18.2 Å². The number of hydrogen-bond acceptors (Lipinski definition) is 8. The number of nitrogens with zero attached hydrogens (tertiary/aromatic N) is 3. The Kier molecular flexibility index (Phi) is 6.66. The molecule has 0 atom stereocenters. The summed E-state index contributed by atoms with van der Waals surface area (Å²) < 4.78 is 43.4. The van der Waals surface area contributed by atoms with Crippen LogP contribution in [0.3, 0.4) is 0 Å². The van der Waals surface area contributed by atoms with Crippen LogP contribution in [0, 0.1) is 11.2 Å². The van der Waals surface area contributed by atoms with Crippen molar-refractivity contribution >= 4 is 32.4 Å². The molecule has 2 N–H and O–H groups in total. The van der Waals surface area contributed by atoms with Crippen molar-refractivity contribution in [3.05, 3.63) is 71.8 Å². The third-order valence-electron chi connectivity index (χ3n) is 5.26. The van der Waals surface area contributed by atoms with Crippen LogP contribution in [0.5, 0.6) is 0 Å². The van der Waals surface area contributed by atoms with E-state index in [0.29, 0.717) is 43.0 Å². The minimum absolute atomic E-state index is 0.0720. The first-order valence-corrected chi connectivity index (χ1v) is 12.3. The summed E-state index contributed by atoms with van der Waals surface area (Å²) in [5.74, 6) is -0.553. The van der Waals surface area contributed by atoms with E-state index in [1.807, 2.05) is 0 Å². The Morgan fingerprint density at radius 1 is 1.12 bits per heavy atom. The Morgan fingerprint density at radius 3 is 2.44 bits per heavy atom. The largest absolute Gasteiger partial charge is 0.378 e. The van der Waals surface area contributed by atoms with Crippen LogP contribution in [-0.2, 0) is 14.6 Å². The van der Waals surface area contributed by atoms with Crippen LogP contribution in [0.4, 0.5) is 16.0 Å². The quantitative estimate of drug-likeness (QED) is 0.422. The molecule has 9 nitrogen and oxygen atoms in total. The normalized spacial score (nSPS) is 14.0. The number of sulfone groups is 1. The summed E-state index contributed by atoms with van der Waals surface area (Å²) in [5.41, 5.74) is 1.38. The molecule has 0 saturated carbocycles. The van der Waals surface area contributed by atoms with E-state index in [4.69, 9.17) is 10.1 Å². The van der Waals surface area contributed by atoms with Gasteiger partial charge in [0.1, 0.15) is 5.82 Å². The SMILES string of the molecule is CS(=O)(=O)C(=N)c1ccc(C(=O)N2CCOCC2)cc1Nc1ncc(-c2ccccc2F)cn1. The number of rotatable bonds is 5. The molecule has 1 aliphatic heterocycles. The fourth-order valence-corrected chi connectivity index (χ4v) is 4.05. The summed E-state index contributed by atoms with van der Waals surface area (Å²) in [5, 5.41) is 10.4. The summed E-state index contributed by atoms with van der Waals surface area (Å²) in [7, 11) is -3.82. The number of carbonyl (C=O) groups is 1. The Morgan fingerprint density at radius 2 is 1.79 bits per heavy atom. The highest BCUT2D eigenvalue weighted by Gasteiger charge is 2.23. The van der Waals surface area contributed by atoms with E-state index in [-0.39, 0.29) is 23.1 Å². The second kappa shape index (κ2) is 9.65. The number of amides is 1. The summed E-state index contributed by atoms with van der Waals surface area (Å²) in [6.45, 7) is 1.78. The molecule has 1 amide bonds. The van der Waals surface area contributed by atoms with Gasteiger partial charge in [-0.3, -0.25) is 10.2 Å². The first kappa shape index (κ1) is 23.5. The van der Waals surface area contributed by atoms with Gasteiger partial charge in [0.15, 0.2) is 14.9 Å². The molecule has 1 aliphatic rings. The zero-order valence-electron chi connectivity index (χ0n) is 18.3. The molecule has 1 fully saturated rings. The lowest BCUT2D eigenvalue weighted by Crippen LogP contribution is -2.40. The van der Waals surface area contributed by atoms with E-state index >= 15 is 0 Å². The predicted octanol–water partition coefficient (Wildman–Crippen LogP) is 2.87. The Bertz CT molecular complexity index is 1340. The van der Waals surface area contributed by atoms with Gasteiger partial charge in [0, 0.05) is 54.0 Å². The van der Waals surface area contributed by atoms with Crippen LogP contribution in [0.1, 0.15) is 15.9 Å². The molecule has 1 aromatic heterocycles. The number of anilines is 2. The average Bonchev–Trinajstić information content (AvgIpc) is 2.84. The highest BCUT2D eigenvalue weighted by molar-refractivity contribution is 8.06. The highest BCUT2D eigenvalue weighted by Crippen LogP contribution is 2.26. The zero-order valence-corrected chi connectivity index (χ0v) is 19.1. The molecule has 0 bridgehead atoms. The number of halogens is 1. The highest BCUT2D eigenvalue weighted by atomic mass is 32.2. The van der Waals surface area contributed by atoms with E-state index in [9.17, 15) is 17.6 Å². The maximum absolute atomic E-state index is 14.1. The van der Waals surface area contributed by atoms with Gasteiger partial charge in [0.25, 0.3) is 5.91 Å². The Balaban J connectivity index is 1.67. The monoisotopic (exact) mass is 483 g/mol. The fourth-order valence-electron chi connectivity index (χ4n) is 3.47. The van der Waals surface area contributed by atoms with E-state index < -0.39 is 20.7 Å². The van der Waals surface area contributed by atoms with Gasteiger partial charge in [-0.15, -0.1) is 0 Å². The van der Waals surface area contributed by atoms with Gasteiger partial charge >= 0.3 is 0 Å². The molecule has 4 rings (SSSR count). The molecule has 176 valence electrons. The van der Waals surface area contributed by atoms with Crippen molar-refractivity contribution in [2.24, 2.45) is 0 Å². The summed E-state index contributed by atoms with van der Waals surface area (Å²) in [4.78, 5) is 23.0. The van der Waals surface area contributed by atoms with Crippen LogP contribution in [0.15, 0.2) is 54.9 Å². The molecule has 11 heteroatoms. The molecule has 3 aromatic rings. The smallest absolute Gasteiger partial charge is 0.254 e. The lowest BCUT2D eigenvalue weighted by Gasteiger charge is -2.27. The van der Waals surface area contributed by atoms with Crippen molar-refractivity contribution in [3.63, 3.8) is 0 Å². The molecule has 0 radical (unpaired) electrons. The van der Waals surface area contributed by atoms with E-state index in [2.05, 4.69) is 15.3 Å². The van der Waals surface area contributed by atoms with Gasteiger partial charge in [-0.2, -0.15) is 0 Å². The topological polar surface area (TPSA) is 125 Å². The van der Waals surface area contributed by atoms with Crippen LogP contribution in [0.25, 0.3) is 11.1 Å². The third kappa shape index (κ3) is 5.10. The molecule has 0 aliphatic carbocycles. The average molecular weight is 484 g/mol. The molecule has 1 saturated heterocycles. The lowest BCUT2D eigenvalue weighted by molar-refractivity contribution is 0.0303. The number of morpholine rings is 1. The van der Waals surface area contributed by atoms with Crippen molar-refractivity contribution in [2.75, 3.05) is 37.9 Å². The summed E-state index contributed by atoms with van der Waals surface area (Å²) in [6, 6.07) is 10.6. The number of benzene rings is 2. The number of ether oxygens (including phenoxy) is 1. The minimum Gasteiger partial charge on any atom is -0.378 e. The number of hydrogen-bond donors (Lipinski definition) is 2. The van der Waals surface area contributed by atoms with Crippen molar-refractivity contribution < 1.29 is 22.3 Å². The Hall–Kier alpha value is -3.70. The van der Waals surface area contributed by atoms with E-state index in [0.717, 1.165) is 6.26 Å². The minimum atomic E-state index is -3.82. The van der Waals surface area contributed by atoms with Crippen LogP contribution in [0.2, 0.25) is 0 Å². The standard InChI is InChI=1S/C23H22FN5O4S/c1-34(31,32)21(25)18-7-6-15(22(30)29-8-10-33-11-9-29)12-20(18)28-23-26-13-16(14-27-23)17-4-2-3-5-19(17)24/h2-7,12-14,25H,8-11H2,1H3,(H,26,27,28). The Labute approximate surface area is 196 Å². The van der Waals surface area contributed by atoms with Crippen molar-refractivity contribution in [1.82, 2.24) is 14.9 Å². The van der Waals surface area contributed by atoms with Crippen molar-refractivity contribution in [2.45, 2.75) is 0 Å². The molecular formula is C23H22FN5O4S. The van der Waals surface area contributed by atoms with Gasteiger partial charge in [-0.25, -0.2) is 22.8 Å².